The number of hydrogen-bond acceptors (Lipinski definition) is 3. The molecule has 2 aliphatic carbocycles. The van der Waals surface area contributed by atoms with Gasteiger partial charge in [-0.25, -0.2) is 4.79 Å². The van der Waals surface area contributed by atoms with E-state index in [4.69, 9.17) is 4.42 Å². The highest BCUT2D eigenvalue weighted by Crippen LogP contribution is 2.22. The van der Waals surface area contributed by atoms with Crippen molar-refractivity contribution in [2.45, 2.75) is 26.2 Å². The maximum absolute atomic E-state index is 12.9. The van der Waals surface area contributed by atoms with Crippen LogP contribution in [0.3, 0.4) is 0 Å². The number of amides is 3. The van der Waals surface area contributed by atoms with E-state index in [0.29, 0.717) is 23.1 Å². The predicted molar refractivity (Wildman–Crippen MR) is 94.3 cm³/mol. The largest absolute Gasteiger partial charge is 0.437 e. The molecule has 3 aliphatic rings. The molecule has 0 spiro atoms. The number of furan rings is 1. The number of nitrogens with zero attached hydrogens (tertiary/aromatic N) is 2. The van der Waals surface area contributed by atoms with Gasteiger partial charge in [-0.1, -0.05) is 43.7 Å². The van der Waals surface area contributed by atoms with Gasteiger partial charge < -0.3 is 4.42 Å². The predicted octanol–water partition coefficient (Wildman–Crippen LogP) is 2.90. The molecule has 0 aromatic carbocycles. The maximum Gasteiger partial charge on any atom is 0.353 e. The van der Waals surface area contributed by atoms with E-state index in [0.717, 1.165) is 30.4 Å². The maximum atomic E-state index is 12.9. The Morgan fingerprint density at radius 2 is 1.96 bits per heavy atom. The summed E-state index contributed by atoms with van der Waals surface area (Å²) >= 11 is 0. The summed E-state index contributed by atoms with van der Waals surface area (Å²) in [4.78, 5) is 30.3. The molecule has 0 atom stereocenters. The molecule has 2 heterocycles. The van der Waals surface area contributed by atoms with Crippen LogP contribution in [0.4, 0.5) is 4.79 Å². The highest BCUT2D eigenvalue weighted by atomic mass is 16.3. The Hall–Kier alpha value is -2.95. The van der Waals surface area contributed by atoms with E-state index in [1.54, 1.807) is 0 Å². The second-order valence-corrected chi connectivity index (χ2v) is 6.29. The lowest BCUT2D eigenvalue weighted by atomic mass is 9.99. The number of carbonyl (C=O) groups is 2. The number of allylic oxidation sites excluding steroid dienone is 7. The van der Waals surface area contributed by atoms with Crippen LogP contribution in [0.5, 0.6) is 0 Å². The van der Waals surface area contributed by atoms with Gasteiger partial charge in [0.2, 0.25) is 5.55 Å². The van der Waals surface area contributed by atoms with Crippen LogP contribution in [0.2, 0.25) is 0 Å². The standard InChI is InChI=1S/C20H18N2O3/c1-2-3-10-22-19(23)17-15-9-8-13-6-4-5-7-14(11-13)12-16(15)25-18(17)21-20(22)24/h4-9,12H,2-3,10-11H2,1H3. The molecule has 5 nitrogen and oxygen atoms in total. The Bertz CT molecular complexity index is 1000. The summed E-state index contributed by atoms with van der Waals surface area (Å²) in [5, 5.41) is 0. The molecule has 3 amide bonds. The van der Waals surface area contributed by atoms with Crippen molar-refractivity contribution >= 4 is 24.1 Å². The van der Waals surface area contributed by atoms with Gasteiger partial charge in [0.05, 0.1) is 0 Å². The Kier molecular flexibility index (Phi) is 3.84. The van der Waals surface area contributed by atoms with Gasteiger partial charge >= 0.3 is 6.03 Å². The fraction of sp³-hybridized carbons (Fsp3) is 0.250. The Morgan fingerprint density at radius 3 is 2.76 bits per heavy atom. The molecule has 0 saturated heterocycles. The van der Waals surface area contributed by atoms with Gasteiger partial charge in [0.25, 0.3) is 5.91 Å². The van der Waals surface area contributed by atoms with E-state index < -0.39 is 6.03 Å². The first-order valence-electron chi connectivity index (χ1n) is 8.51. The topological polar surface area (TPSA) is 62.9 Å². The van der Waals surface area contributed by atoms with Crippen molar-refractivity contribution in [3.63, 3.8) is 0 Å². The lowest BCUT2D eigenvalue weighted by molar-refractivity contribution is 0.0792. The number of rotatable bonds is 3. The molecule has 0 N–H and O–H groups in total. The first-order chi connectivity index (χ1) is 12.2. The van der Waals surface area contributed by atoms with Crippen LogP contribution in [-0.4, -0.2) is 23.4 Å². The molecule has 1 aromatic heterocycles. The van der Waals surface area contributed by atoms with Gasteiger partial charge in [-0.3, -0.25) is 9.69 Å². The molecule has 4 rings (SSSR count). The molecule has 1 aliphatic heterocycles. The summed E-state index contributed by atoms with van der Waals surface area (Å²) in [5.74, 6) is -0.323. The minimum absolute atomic E-state index is 0.119. The Labute approximate surface area is 145 Å². The fourth-order valence-corrected chi connectivity index (χ4v) is 3.17. The summed E-state index contributed by atoms with van der Waals surface area (Å²) in [6.07, 6.45) is 16.3. The third-order valence-corrected chi connectivity index (χ3v) is 4.50. The van der Waals surface area contributed by atoms with Crippen molar-refractivity contribution < 1.29 is 14.0 Å². The van der Waals surface area contributed by atoms with Gasteiger partial charge in [-0.15, -0.1) is 0 Å². The first kappa shape index (κ1) is 15.6. The highest BCUT2D eigenvalue weighted by molar-refractivity contribution is 6.08. The molecule has 126 valence electrons. The number of unbranched alkanes of at least 4 members (excludes halogenated alkanes) is 1. The number of carbonyl (C=O) groups excluding carboxylic acids is 2. The number of fused-ring (bicyclic) bond motifs is 5. The first-order valence-corrected chi connectivity index (χ1v) is 8.51. The van der Waals surface area contributed by atoms with Crippen LogP contribution < -0.4 is 11.0 Å². The zero-order valence-corrected chi connectivity index (χ0v) is 14.0. The van der Waals surface area contributed by atoms with Crippen LogP contribution in [0.25, 0.3) is 12.2 Å². The molecule has 0 unspecified atom stereocenters. The van der Waals surface area contributed by atoms with Crippen molar-refractivity contribution in [1.29, 1.82) is 0 Å². The summed E-state index contributed by atoms with van der Waals surface area (Å²) in [6.45, 7) is 2.40. The van der Waals surface area contributed by atoms with Crippen LogP contribution in [-0.2, 0) is 0 Å². The monoisotopic (exact) mass is 334 g/mol. The molecular formula is C20H18N2O3. The van der Waals surface area contributed by atoms with Crippen molar-refractivity contribution in [1.82, 2.24) is 4.90 Å². The zero-order chi connectivity index (χ0) is 17.4. The SMILES string of the molecule is CCCCN1C(=O)N=c2oc3c(c2C1=O)C=CC1=CC=CC=C(C=3)C1. The van der Waals surface area contributed by atoms with Crippen molar-refractivity contribution in [2.24, 2.45) is 4.99 Å². The van der Waals surface area contributed by atoms with Crippen LogP contribution >= 0.6 is 0 Å². The average molecular weight is 334 g/mol. The highest BCUT2D eigenvalue weighted by Gasteiger charge is 2.32. The Morgan fingerprint density at radius 1 is 1.16 bits per heavy atom. The average Bonchev–Trinajstić information content (AvgIpc) is 2.76. The quantitative estimate of drug-likeness (QED) is 0.854. The normalized spacial score (nSPS) is 18.2. The molecule has 0 saturated carbocycles. The van der Waals surface area contributed by atoms with E-state index in [1.165, 1.54) is 4.90 Å². The Balaban J connectivity index is 1.89. The van der Waals surface area contributed by atoms with Gasteiger partial charge in [-0.2, -0.15) is 4.99 Å². The van der Waals surface area contributed by atoms with Gasteiger partial charge in [0.15, 0.2) is 0 Å². The van der Waals surface area contributed by atoms with E-state index in [2.05, 4.69) is 11.1 Å². The van der Waals surface area contributed by atoms with Crippen LogP contribution in [0, 0.1) is 0 Å². The molecule has 5 heteroatoms. The van der Waals surface area contributed by atoms with Crippen LogP contribution in [0.1, 0.15) is 42.1 Å². The summed E-state index contributed by atoms with van der Waals surface area (Å²) in [5.41, 5.74) is 3.99. The number of urea groups is 1. The second kappa shape index (κ2) is 6.16. The fourth-order valence-electron chi connectivity index (χ4n) is 3.17. The van der Waals surface area contributed by atoms with Gasteiger partial charge in [0.1, 0.15) is 11.0 Å². The van der Waals surface area contributed by atoms with E-state index in [-0.39, 0.29) is 11.5 Å². The zero-order valence-electron chi connectivity index (χ0n) is 14.0. The molecule has 0 radical (unpaired) electrons. The number of imide groups is 1. The molecule has 1 aromatic rings. The molecule has 0 fully saturated rings. The summed E-state index contributed by atoms with van der Waals surface area (Å²) in [6, 6.07) is -0.544. The minimum Gasteiger partial charge on any atom is -0.437 e. The smallest absolute Gasteiger partial charge is 0.353 e. The van der Waals surface area contributed by atoms with Gasteiger partial charge in [-0.05, 0) is 36.1 Å². The number of hydrogen-bond donors (Lipinski definition) is 0. The van der Waals surface area contributed by atoms with Crippen molar-refractivity contribution in [3.8, 4) is 0 Å². The lowest BCUT2D eigenvalue weighted by Crippen LogP contribution is -2.42. The molecule has 25 heavy (non-hydrogen) atoms. The second-order valence-electron chi connectivity index (χ2n) is 6.29. The third-order valence-electron chi connectivity index (χ3n) is 4.50. The lowest BCUT2D eigenvalue weighted by Gasteiger charge is -2.20. The summed E-state index contributed by atoms with van der Waals surface area (Å²) < 4.78 is 5.76. The van der Waals surface area contributed by atoms with Gasteiger partial charge in [0, 0.05) is 12.1 Å². The minimum atomic E-state index is -0.544. The van der Waals surface area contributed by atoms with E-state index in [9.17, 15) is 9.59 Å². The molecular weight excluding hydrogens is 316 g/mol. The van der Waals surface area contributed by atoms with E-state index >= 15 is 0 Å². The van der Waals surface area contributed by atoms with E-state index in [1.807, 2.05) is 43.4 Å². The van der Waals surface area contributed by atoms with Crippen molar-refractivity contribution in [3.05, 3.63) is 63.6 Å². The molecule has 2 bridgehead atoms. The third kappa shape index (κ3) is 2.71. The van der Waals surface area contributed by atoms with Crippen molar-refractivity contribution in [2.75, 3.05) is 6.54 Å². The van der Waals surface area contributed by atoms with Crippen LogP contribution in [0.15, 0.2) is 50.9 Å². The summed E-state index contributed by atoms with van der Waals surface area (Å²) in [7, 11) is 0.